The molecule has 0 radical (unpaired) electrons. The summed E-state index contributed by atoms with van der Waals surface area (Å²) in [5, 5.41) is 8.57. The summed E-state index contributed by atoms with van der Waals surface area (Å²) in [5.74, 6) is 2.59. The standard InChI is InChI=1S/C18H24N6O.HI/c1-5-19-18(23(3)11-17-21-12-22-24(17)4)20-10-16-13(2)14-8-6-7-9-15(14)25-16;/h6-9,12H,5,10-11H2,1-4H3,(H,19,20);1H. The van der Waals surface area contributed by atoms with Gasteiger partial charge in [0.05, 0.1) is 6.54 Å². The van der Waals surface area contributed by atoms with Gasteiger partial charge in [0.1, 0.15) is 30.0 Å². The smallest absolute Gasteiger partial charge is 0.194 e. The molecule has 3 aromatic rings. The van der Waals surface area contributed by atoms with Crippen molar-refractivity contribution < 1.29 is 4.42 Å². The first-order valence-electron chi connectivity index (χ1n) is 8.39. The van der Waals surface area contributed by atoms with Gasteiger partial charge in [-0.2, -0.15) is 5.10 Å². The summed E-state index contributed by atoms with van der Waals surface area (Å²) in [4.78, 5) is 11.0. The average molecular weight is 468 g/mol. The fourth-order valence-electron chi connectivity index (χ4n) is 2.74. The minimum atomic E-state index is 0. The number of furan rings is 1. The number of fused-ring (bicyclic) bond motifs is 1. The molecular weight excluding hydrogens is 443 g/mol. The van der Waals surface area contributed by atoms with Crippen LogP contribution in [0.4, 0.5) is 0 Å². The van der Waals surface area contributed by atoms with Crippen LogP contribution in [0.5, 0.6) is 0 Å². The van der Waals surface area contributed by atoms with Gasteiger partial charge in [-0.05, 0) is 19.9 Å². The Kier molecular flexibility index (Phi) is 7.01. The molecule has 1 N–H and O–H groups in total. The first-order valence-corrected chi connectivity index (χ1v) is 8.39. The van der Waals surface area contributed by atoms with E-state index in [-0.39, 0.29) is 24.0 Å². The van der Waals surface area contributed by atoms with Gasteiger partial charge in [-0.1, -0.05) is 18.2 Å². The zero-order valence-corrected chi connectivity index (χ0v) is 17.9. The van der Waals surface area contributed by atoms with E-state index in [2.05, 4.69) is 35.3 Å². The predicted molar refractivity (Wildman–Crippen MR) is 114 cm³/mol. The van der Waals surface area contributed by atoms with Crippen molar-refractivity contribution in [1.82, 2.24) is 25.0 Å². The van der Waals surface area contributed by atoms with Crippen LogP contribution in [0.2, 0.25) is 0 Å². The fraction of sp³-hybridized carbons (Fsp3) is 0.389. The van der Waals surface area contributed by atoms with Gasteiger partial charge in [-0.3, -0.25) is 4.68 Å². The average Bonchev–Trinajstić information content (AvgIpc) is 3.15. The van der Waals surface area contributed by atoms with Gasteiger partial charge in [0.15, 0.2) is 5.96 Å². The summed E-state index contributed by atoms with van der Waals surface area (Å²) in [7, 11) is 3.87. The summed E-state index contributed by atoms with van der Waals surface area (Å²) in [5.41, 5.74) is 2.05. The highest BCUT2D eigenvalue weighted by Crippen LogP contribution is 2.25. The van der Waals surface area contributed by atoms with Gasteiger partial charge in [0.2, 0.25) is 0 Å². The van der Waals surface area contributed by atoms with Gasteiger partial charge in [0, 0.05) is 31.6 Å². The van der Waals surface area contributed by atoms with Crippen LogP contribution in [0.1, 0.15) is 24.1 Å². The molecular formula is C18H25IN6O. The van der Waals surface area contributed by atoms with Crippen molar-refractivity contribution in [3.05, 3.63) is 47.7 Å². The van der Waals surface area contributed by atoms with Crippen LogP contribution in [0.3, 0.4) is 0 Å². The minimum absolute atomic E-state index is 0. The van der Waals surface area contributed by atoms with Crippen LogP contribution >= 0.6 is 24.0 Å². The molecule has 140 valence electrons. The van der Waals surface area contributed by atoms with Crippen LogP contribution in [0.25, 0.3) is 11.0 Å². The number of guanidine groups is 1. The van der Waals surface area contributed by atoms with Crippen LogP contribution in [0, 0.1) is 6.92 Å². The quantitative estimate of drug-likeness (QED) is 0.354. The number of aryl methyl sites for hydroxylation is 2. The van der Waals surface area contributed by atoms with E-state index in [1.165, 1.54) is 0 Å². The van der Waals surface area contributed by atoms with Crippen LogP contribution in [-0.2, 0) is 20.1 Å². The first-order chi connectivity index (χ1) is 12.1. The molecule has 0 amide bonds. The van der Waals surface area contributed by atoms with Crippen LogP contribution in [0.15, 0.2) is 40.0 Å². The molecule has 0 fully saturated rings. The third-order valence-electron chi connectivity index (χ3n) is 4.20. The number of nitrogens with one attached hydrogen (secondary N) is 1. The molecule has 0 saturated heterocycles. The normalized spacial score (nSPS) is 11.5. The second-order valence-corrected chi connectivity index (χ2v) is 5.97. The summed E-state index contributed by atoms with van der Waals surface area (Å²) in [6.45, 7) is 6.04. The molecule has 8 heteroatoms. The Morgan fingerprint density at radius 2 is 2.12 bits per heavy atom. The lowest BCUT2D eigenvalue weighted by Gasteiger charge is -2.21. The number of halogens is 1. The molecule has 0 atom stereocenters. The van der Waals surface area contributed by atoms with Crippen molar-refractivity contribution in [2.24, 2.45) is 12.0 Å². The second kappa shape index (κ2) is 9.02. The summed E-state index contributed by atoms with van der Waals surface area (Å²) in [6.07, 6.45) is 1.56. The molecule has 26 heavy (non-hydrogen) atoms. The van der Waals surface area contributed by atoms with Crippen molar-refractivity contribution in [3.63, 3.8) is 0 Å². The number of rotatable bonds is 5. The summed E-state index contributed by atoms with van der Waals surface area (Å²) in [6, 6.07) is 8.07. The predicted octanol–water partition coefficient (Wildman–Crippen LogP) is 3.09. The first kappa shape index (κ1) is 20.2. The number of aliphatic imine (C=N–C) groups is 1. The molecule has 7 nitrogen and oxygen atoms in total. The monoisotopic (exact) mass is 468 g/mol. The Balaban J connectivity index is 0.00000243. The van der Waals surface area contributed by atoms with Gasteiger partial charge < -0.3 is 14.6 Å². The van der Waals surface area contributed by atoms with Crippen molar-refractivity contribution in [3.8, 4) is 0 Å². The summed E-state index contributed by atoms with van der Waals surface area (Å²) >= 11 is 0. The highest BCUT2D eigenvalue weighted by atomic mass is 127. The Labute approximate surface area is 170 Å². The molecule has 0 bridgehead atoms. The lowest BCUT2D eigenvalue weighted by atomic mass is 10.1. The topological polar surface area (TPSA) is 71.5 Å². The van der Waals surface area contributed by atoms with Crippen LogP contribution in [-0.4, -0.2) is 39.2 Å². The third-order valence-corrected chi connectivity index (χ3v) is 4.20. The zero-order valence-electron chi connectivity index (χ0n) is 15.6. The maximum atomic E-state index is 5.95. The Morgan fingerprint density at radius 3 is 2.77 bits per heavy atom. The lowest BCUT2D eigenvalue weighted by molar-refractivity contribution is 0.446. The van der Waals surface area contributed by atoms with E-state index in [0.29, 0.717) is 13.1 Å². The zero-order chi connectivity index (χ0) is 17.8. The number of nitrogens with zero attached hydrogens (tertiary/aromatic N) is 5. The number of aromatic nitrogens is 3. The molecule has 1 aromatic carbocycles. The molecule has 2 aromatic heterocycles. The molecule has 0 saturated carbocycles. The van der Waals surface area contributed by atoms with E-state index < -0.39 is 0 Å². The number of hydrogen-bond acceptors (Lipinski definition) is 4. The number of benzene rings is 1. The van der Waals surface area contributed by atoms with E-state index in [9.17, 15) is 0 Å². The Hall–Kier alpha value is -2.10. The SMILES string of the molecule is CCNC(=NCc1oc2ccccc2c1C)N(C)Cc1ncnn1C.I. The van der Waals surface area contributed by atoms with Gasteiger partial charge in [-0.25, -0.2) is 9.98 Å². The van der Waals surface area contributed by atoms with E-state index >= 15 is 0 Å². The summed E-state index contributed by atoms with van der Waals surface area (Å²) < 4.78 is 7.72. The lowest BCUT2D eigenvalue weighted by Crippen LogP contribution is -2.39. The Morgan fingerprint density at radius 1 is 1.35 bits per heavy atom. The van der Waals surface area contributed by atoms with Crippen molar-refractivity contribution in [1.29, 1.82) is 0 Å². The number of para-hydroxylation sites is 1. The molecule has 0 aliphatic carbocycles. The maximum absolute atomic E-state index is 5.95. The van der Waals surface area contributed by atoms with Crippen molar-refractivity contribution in [2.75, 3.05) is 13.6 Å². The second-order valence-electron chi connectivity index (χ2n) is 5.97. The molecule has 0 unspecified atom stereocenters. The molecule has 2 heterocycles. The fourth-order valence-corrected chi connectivity index (χ4v) is 2.74. The molecule has 0 aliphatic rings. The van der Waals surface area contributed by atoms with E-state index in [1.807, 2.05) is 37.2 Å². The molecule has 3 rings (SSSR count). The molecule has 0 spiro atoms. The van der Waals surface area contributed by atoms with Crippen LogP contribution < -0.4 is 5.32 Å². The third kappa shape index (κ3) is 4.35. The van der Waals surface area contributed by atoms with Crippen molar-refractivity contribution in [2.45, 2.75) is 26.9 Å². The highest BCUT2D eigenvalue weighted by Gasteiger charge is 2.12. The van der Waals surface area contributed by atoms with E-state index in [1.54, 1.807) is 11.0 Å². The van der Waals surface area contributed by atoms with E-state index in [0.717, 1.165) is 40.6 Å². The molecule has 0 aliphatic heterocycles. The number of hydrogen-bond donors (Lipinski definition) is 1. The van der Waals surface area contributed by atoms with E-state index in [4.69, 9.17) is 9.41 Å². The van der Waals surface area contributed by atoms with Crippen molar-refractivity contribution >= 4 is 40.9 Å². The minimum Gasteiger partial charge on any atom is -0.459 e. The maximum Gasteiger partial charge on any atom is 0.194 e. The Bertz CT molecular complexity index is 885. The van der Waals surface area contributed by atoms with Gasteiger partial charge in [0.25, 0.3) is 0 Å². The van der Waals surface area contributed by atoms with Gasteiger partial charge >= 0.3 is 0 Å². The van der Waals surface area contributed by atoms with Gasteiger partial charge in [-0.15, -0.1) is 24.0 Å². The largest absolute Gasteiger partial charge is 0.459 e. The highest BCUT2D eigenvalue weighted by molar-refractivity contribution is 14.0.